The fraction of sp³-hybridized carbons (Fsp3) is 0.462. The van der Waals surface area contributed by atoms with Crippen molar-refractivity contribution in [2.45, 2.75) is 46.0 Å². The lowest BCUT2D eigenvalue weighted by atomic mass is 9.86. The van der Waals surface area contributed by atoms with Crippen LogP contribution in [0.25, 0.3) is 0 Å². The number of piperazine rings is 1. The Bertz CT molecular complexity index is 874. The standard InChI is InChI=1S/C26H34N2O3/c1-20-7-13-23(14-8-20)31-19-5-6-24(29)27-15-17-28(18-16-27)25(30)21-9-11-22(12-10-21)26(2,3)4/h7-14H,5-6,15-19H2,1-4H3. The van der Waals surface area contributed by atoms with Gasteiger partial charge in [0.25, 0.3) is 5.91 Å². The van der Waals surface area contributed by atoms with Crippen molar-refractivity contribution < 1.29 is 14.3 Å². The molecule has 5 heteroatoms. The summed E-state index contributed by atoms with van der Waals surface area (Å²) >= 11 is 0. The van der Waals surface area contributed by atoms with E-state index in [1.807, 2.05) is 65.3 Å². The fourth-order valence-electron chi connectivity index (χ4n) is 3.66. The summed E-state index contributed by atoms with van der Waals surface area (Å²) in [7, 11) is 0. The van der Waals surface area contributed by atoms with Gasteiger partial charge in [-0.1, -0.05) is 50.6 Å². The zero-order chi connectivity index (χ0) is 22.4. The smallest absolute Gasteiger partial charge is 0.253 e. The lowest BCUT2D eigenvalue weighted by Crippen LogP contribution is -2.50. The molecule has 3 rings (SSSR count). The minimum atomic E-state index is 0.0408. The quantitative estimate of drug-likeness (QED) is 0.647. The van der Waals surface area contributed by atoms with Crippen molar-refractivity contribution in [1.29, 1.82) is 0 Å². The molecule has 2 amide bonds. The van der Waals surface area contributed by atoms with Crippen LogP contribution in [0.1, 0.15) is 55.1 Å². The Labute approximate surface area is 186 Å². The van der Waals surface area contributed by atoms with E-state index in [1.54, 1.807) is 0 Å². The van der Waals surface area contributed by atoms with Gasteiger partial charge in [0.2, 0.25) is 5.91 Å². The van der Waals surface area contributed by atoms with Gasteiger partial charge in [-0.05, 0) is 48.6 Å². The number of amides is 2. The first-order valence-electron chi connectivity index (χ1n) is 11.1. The second-order valence-corrected chi connectivity index (χ2v) is 9.27. The predicted molar refractivity (Wildman–Crippen MR) is 124 cm³/mol. The van der Waals surface area contributed by atoms with Gasteiger partial charge in [-0.25, -0.2) is 0 Å². The van der Waals surface area contributed by atoms with Crippen molar-refractivity contribution >= 4 is 11.8 Å². The molecule has 1 fully saturated rings. The molecule has 0 unspecified atom stereocenters. The van der Waals surface area contributed by atoms with Gasteiger partial charge in [0.15, 0.2) is 0 Å². The largest absolute Gasteiger partial charge is 0.494 e. The molecule has 0 atom stereocenters. The summed E-state index contributed by atoms with van der Waals surface area (Å²) < 4.78 is 5.70. The number of benzene rings is 2. The lowest BCUT2D eigenvalue weighted by molar-refractivity contribution is -0.132. The second-order valence-electron chi connectivity index (χ2n) is 9.27. The van der Waals surface area contributed by atoms with E-state index in [1.165, 1.54) is 11.1 Å². The van der Waals surface area contributed by atoms with Gasteiger partial charge in [-0.2, -0.15) is 0 Å². The first kappa shape index (κ1) is 22.9. The predicted octanol–water partition coefficient (Wildman–Crippen LogP) is 4.44. The highest BCUT2D eigenvalue weighted by molar-refractivity contribution is 5.94. The molecule has 0 N–H and O–H groups in total. The average Bonchev–Trinajstić information content (AvgIpc) is 2.77. The summed E-state index contributed by atoms with van der Waals surface area (Å²) in [5, 5.41) is 0. The van der Waals surface area contributed by atoms with E-state index in [0.717, 1.165) is 5.75 Å². The van der Waals surface area contributed by atoms with Gasteiger partial charge in [0.05, 0.1) is 6.61 Å². The number of aryl methyl sites for hydroxylation is 1. The molecule has 0 aliphatic carbocycles. The topological polar surface area (TPSA) is 49.9 Å². The molecular formula is C26H34N2O3. The van der Waals surface area contributed by atoms with Crippen molar-refractivity contribution in [3.05, 3.63) is 65.2 Å². The van der Waals surface area contributed by atoms with Crippen LogP contribution in [-0.4, -0.2) is 54.4 Å². The van der Waals surface area contributed by atoms with Crippen LogP contribution in [0.3, 0.4) is 0 Å². The van der Waals surface area contributed by atoms with Crippen molar-refractivity contribution in [2.24, 2.45) is 0 Å². The average molecular weight is 423 g/mol. The molecule has 0 aromatic heterocycles. The van der Waals surface area contributed by atoms with Gasteiger partial charge in [-0.15, -0.1) is 0 Å². The third-order valence-corrected chi connectivity index (χ3v) is 5.74. The molecule has 1 saturated heterocycles. The van der Waals surface area contributed by atoms with E-state index >= 15 is 0 Å². The van der Waals surface area contributed by atoms with Gasteiger partial charge >= 0.3 is 0 Å². The van der Waals surface area contributed by atoms with E-state index in [0.29, 0.717) is 51.2 Å². The van der Waals surface area contributed by atoms with Crippen LogP contribution in [-0.2, 0) is 10.2 Å². The monoisotopic (exact) mass is 422 g/mol. The maximum Gasteiger partial charge on any atom is 0.253 e. The van der Waals surface area contributed by atoms with Crippen LogP contribution in [0.2, 0.25) is 0 Å². The summed E-state index contributed by atoms with van der Waals surface area (Å²) in [4.78, 5) is 29.0. The van der Waals surface area contributed by atoms with E-state index in [4.69, 9.17) is 4.74 Å². The molecule has 2 aromatic rings. The summed E-state index contributed by atoms with van der Waals surface area (Å²) in [5.41, 5.74) is 3.19. The van der Waals surface area contributed by atoms with E-state index in [9.17, 15) is 9.59 Å². The minimum Gasteiger partial charge on any atom is -0.494 e. The molecule has 5 nitrogen and oxygen atoms in total. The number of hydrogen-bond acceptors (Lipinski definition) is 3. The molecule has 0 bridgehead atoms. The van der Waals surface area contributed by atoms with Gasteiger partial charge in [0, 0.05) is 38.2 Å². The Kier molecular flexibility index (Phi) is 7.37. The number of carbonyl (C=O) groups excluding carboxylic acids is 2. The highest BCUT2D eigenvalue weighted by atomic mass is 16.5. The Morgan fingerprint density at radius 3 is 2.03 bits per heavy atom. The molecule has 2 aromatic carbocycles. The number of nitrogens with zero attached hydrogens (tertiary/aromatic N) is 2. The summed E-state index contributed by atoms with van der Waals surface area (Å²) in [6.45, 7) is 11.4. The molecule has 1 aliphatic heterocycles. The third kappa shape index (κ3) is 6.33. The fourth-order valence-corrected chi connectivity index (χ4v) is 3.66. The molecule has 0 spiro atoms. The summed E-state index contributed by atoms with van der Waals surface area (Å²) in [6, 6.07) is 15.8. The normalized spacial score (nSPS) is 14.5. The van der Waals surface area contributed by atoms with Crippen LogP contribution in [0, 0.1) is 6.92 Å². The van der Waals surface area contributed by atoms with Gasteiger partial charge in [-0.3, -0.25) is 9.59 Å². The van der Waals surface area contributed by atoms with E-state index in [2.05, 4.69) is 20.8 Å². The number of carbonyl (C=O) groups is 2. The maximum atomic E-state index is 12.8. The Hall–Kier alpha value is -2.82. The summed E-state index contributed by atoms with van der Waals surface area (Å²) in [5.74, 6) is 1.01. The van der Waals surface area contributed by atoms with Crippen LogP contribution in [0.4, 0.5) is 0 Å². The van der Waals surface area contributed by atoms with Crippen LogP contribution >= 0.6 is 0 Å². The lowest BCUT2D eigenvalue weighted by Gasteiger charge is -2.35. The van der Waals surface area contributed by atoms with Crippen molar-refractivity contribution in [3.63, 3.8) is 0 Å². The van der Waals surface area contributed by atoms with Crippen LogP contribution in [0.5, 0.6) is 5.75 Å². The molecular weight excluding hydrogens is 388 g/mol. The van der Waals surface area contributed by atoms with Crippen molar-refractivity contribution in [2.75, 3.05) is 32.8 Å². The number of rotatable bonds is 6. The zero-order valence-electron chi connectivity index (χ0n) is 19.2. The van der Waals surface area contributed by atoms with Crippen molar-refractivity contribution in [1.82, 2.24) is 9.80 Å². The maximum absolute atomic E-state index is 12.8. The SMILES string of the molecule is Cc1ccc(OCCCC(=O)N2CCN(C(=O)c3ccc(C(C)(C)C)cc3)CC2)cc1. The highest BCUT2D eigenvalue weighted by Crippen LogP contribution is 2.22. The van der Waals surface area contributed by atoms with Gasteiger partial charge < -0.3 is 14.5 Å². The molecule has 166 valence electrons. The molecule has 31 heavy (non-hydrogen) atoms. The summed E-state index contributed by atoms with van der Waals surface area (Å²) in [6.07, 6.45) is 1.15. The highest BCUT2D eigenvalue weighted by Gasteiger charge is 2.25. The minimum absolute atomic E-state index is 0.0408. The molecule has 0 saturated carbocycles. The van der Waals surface area contributed by atoms with E-state index in [-0.39, 0.29) is 17.2 Å². The van der Waals surface area contributed by atoms with Crippen LogP contribution in [0.15, 0.2) is 48.5 Å². The third-order valence-electron chi connectivity index (χ3n) is 5.74. The van der Waals surface area contributed by atoms with E-state index < -0.39 is 0 Å². The molecule has 0 radical (unpaired) electrons. The molecule has 1 heterocycles. The van der Waals surface area contributed by atoms with Gasteiger partial charge in [0.1, 0.15) is 5.75 Å². The Morgan fingerprint density at radius 2 is 1.45 bits per heavy atom. The number of hydrogen-bond donors (Lipinski definition) is 0. The van der Waals surface area contributed by atoms with Crippen molar-refractivity contribution in [3.8, 4) is 5.75 Å². The zero-order valence-corrected chi connectivity index (χ0v) is 19.2. The number of ether oxygens (including phenoxy) is 1. The molecule has 1 aliphatic rings. The first-order valence-corrected chi connectivity index (χ1v) is 11.1. The Morgan fingerprint density at radius 1 is 0.871 bits per heavy atom. The first-order chi connectivity index (χ1) is 14.7. The van der Waals surface area contributed by atoms with Crippen LogP contribution < -0.4 is 4.74 Å². The Balaban J connectivity index is 1.40. The second kappa shape index (κ2) is 9.99.